The fourth-order valence-electron chi connectivity index (χ4n) is 9.01. The molecule has 7 aromatic carbocycles. The van der Waals surface area contributed by atoms with Gasteiger partial charge in [0.2, 0.25) is 0 Å². The van der Waals surface area contributed by atoms with Crippen LogP contribution in [0, 0.1) is 12.1 Å². The fourth-order valence-corrected chi connectivity index (χ4v) is 11.9. The molecule has 0 bridgehead atoms. The molecule has 0 atom stereocenters. The molecule has 0 saturated carbocycles. The molecular formula is C61H54GeIrN4O-2. The summed E-state index contributed by atoms with van der Waals surface area (Å²) in [5.74, 6) is 8.12. The summed E-state index contributed by atoms with van der Waals surface area (Å²) in [5.41, 5.74) is 14.3. The van der Waals surface area contributed by atoms with E-state index in [1.807, 2.05) is 97.2 Å². The average Bonchev–Trinajstić information content (AvgIpc) is 3.94. The van der Waals surface area contributed by atoms with Gasteiger partial charge in [0, 0.05) is 36.6 Å². The van der Waals surface area contributed by atoms with Crippen LogP contribution >= 0.6 is 0 Å². The van der Waals surface area contributed by atoms with Crippen molar-refractivity contribution in [2.24, 2.45) is 0 Å². The molecule has 4 heterocycles. The summed E-state index contributed by atoms with van der Waals surface area (Å²) < 4.78 is 27.7. The summed E-state index contributed by atoms with van der Waals surface area (Å²) in [6.07, 6.45) is 0.341. The molecule has 0 spiro atoms. The minimum atomic E-state index is -2.30. The number of para-hydroxylation sites is 2. The molecule has 0 saturated heterocycles. The minimum absolute atomic E-state index is 0. The maximum Gasteiger partial charge on any atom is 0 e. The van der Waals surface area contributed by atoms with Gasteiger partial charge in [0.1, 0.15) is 5.58 Å². The molecule has 5 nitrogen and oxygen atoms in total. The van der Waals surface area contributed by atoms with Gasteiger partial charge in [0.05, 0.1) is 22.4 Å². The van der Waals surface area contributed by atoms with Crippen molar-refractivity contribution in [3.63, 3.8) is 0 Å². The first-order chi connectivity index (χ1) is 33.3. The van der Waals surface area contributed by atoms with Crippen molar-refractivity contribution in [2.75, 3.05) is 0 Å². The molecule has 0 unspecified atom stereocenters. The Morgan fingerprint density at radius 1 is 0.662 bits per heavy atom. The molecule has 0 aliphatic rings. The Morgan fingerprint density at radius 2 is 1.34 bits per heavy atom. The van der Waals surface area contributed by atoms with E-state index in [0.717, 1.165) is 76.7 Å². The maximum atomic E-state index is 8.85. The van der Waals surface area contributed by atoms with Crippen LogP contribution in [0.1, 0.15) is 64.5 Å². The summed E-state index contributed by atoms with van der Waals surface area (Å²) in [5, 5.41) is 3.22. The minimum Gasteiger partial charge on any atom is 0 e. The van der Waals surface area contributed by atoms with E-state index in [0.29, 0.717) is 11.2 Å². The predicted octanol–water partition coefficient (Wildman–Crippen LogP) is 15.5. The van der Waals surface area contributed by atoms with Crippen molar-refractivity contribution in [3.05, 3.63) is 210 Å². The number of nitrogens with zero attached hydrogens (tertiary/aromatic N) is 4. The van der Waals surface area contributed by atoms with E-state index in [1.54, 1.807) is 0 Å². The van der Waals surface area contributed by atoms with Gasteiger partial charge in [-0.25, -0.2) is 4.98 Å². The van der Waals surface area contributed by atoms with E-state index in [-0.39, 0.29) is 31.9 Å². The summed E-state index contributed by atoms with van der Waals surface area (Å²) in [4.78, 5) is 15.0. The van der Waals surface area contributed by atoms with Crippen molar-refractivity contribution in [1.82, 2.24) is 19.5 Å². The van der Waals surface area contributed by atoms with E-state index in [2.05, 4.69) is 146 Å². The molecule has 0 amide bonds. The van der Waals surface area contributed by atoms with Crippen LogP contribution in [-0.4, -0.2) is 32.8 Å². The molecular weight excluding hydrogens is 1070 g/mol. The molecule has 0 aliphatic carbocycles. The first kappa shape index (κ1) is 44.1. The van der Waals surface area contributed by atoms with Gasteiger partial charge < -0.3 is 8.98 Å². The van der Waals surface area contributed by atoms with Crippen LogP contribution in [0.2, 0.25) is 17.3 Å². The third-order valence-corrected chi connectivity index (χ3v) is 16.6. The molecule has 7 heteroatoms. The van der Waals surface area contributed by atoms with E-state index in [1.165, 1.54) is 22.3 Å². The van der Waals surface area contributed by atoms with Gasteiger partial charge in [-0.05, 0) is 64.4 Å². The molecule has 0 aliphatic heterocycles. The van der Waals surface area contributed by atoms with Crippen LogP contribution in [0.4, 0.5) is 0 Å². The number of hydrogen-bond acceptors (Lipinski definition) is 4. The van der Waals surface area contributed by atoms with Crippen molar-refractivity contribution in [1.29, 1.82) is 0 Å². The monoisotopic (exact) mass is 1130 g/mol. The van der Waals surface area contributed by atoms with Crippen molar-refractivity contribution in [2.45, 2.75) is 63.2 Å². The van der Waals surface area contributed by atoms with Crippen molar-refractivity contribution < 1.29 is 27.3 Å². The zero-order valence-electron chi connectivity index (χ0n) is 41.4. The summed E-state index contributed by atoms with van der Waals surface area (Å²) in [6.45, 7) is 9.10. The van der Waals surface area contributed by atoms with Crippen LogP contribution in [0.5, 0.6) is 0 Å². The number of pyridine rings is 2. The van der Waals surface area contributed by atoms with Crippen LogP contribution < -0.4 is 4.40 Å². The summed E-state index contributed by atoms with van der Waals surface area (Å²) in [7, 11) is 0. The fraction of sp³-hybridized carbons (Fsp3) is 0.164. The Morgan fingerprint density at radius 3 is 2.04 bits per heavy atom. The van der Waals surface area contributed by atoms with Gasteiger partial charge in [-0.3, -0.25) is 4.98 Å². The van der Waals surface area contributed by atoms with Gasteiger partial charge in [-0.15, -0.1) is 18.2 Å². The number of imidazole rings is 1. The van der Waals surface area contributed by atoms with Crippen molar-refractivity contribution >= 4 is 61.7 Å². The molecule has 4 aromatic heterocycles. The van der Waals surface area contributed by atoms with Crippen LogP contribution in [-0.2, 0) is 26.5 Å². The second-order valence-corrected chi connectivity index (χ2v) is 29.4. The van der Waals surface area contributed by atoms with Crippen LogP contribution in [0.15, 0.2) is 180 Å². The maximum absolute atomic E-state index is 8.85. The molecule has 0 fully saturated rings. The molecule has 68 heavy (non-hydrogen) atoms. The number of aromatic nitrogens is 4. The molecule has 1 radical (unpaired) electrons. The number of furan rings is 1. The van der Waals surface area contributed by atoms with Crippen LogP contribution in [0.25, 0.3) is 83.5 Å². The number of rotatable bonds is 9. The van der Waals surface area contributed by atoms with E-state index in [4.69, 9.17) is 17.1 Å². The zero-order valence-corrected chi connectivity index (χ0v) is 43.9. The third kappa shape index (κ3) is 9.26. The van der Waals surface area contributed by atoms with Crippen LogP contribution in [0.3, 0.4) is 0 Å². The van der Waals surface area contributed by atoms with E-state index in [9.17, 15) is 0 Å². The first-order valence-electron chi connectivity index (χ1n) is 24.2. The Labute approximate surface area is 418 Å². The zero-order chi connectivity index (χ0) is 48.0. The Balaban J connectivity index is 0.000000200. The SMILES string of the molecule is CC(C)c1cc(-c2ccccc2)cc(C(C)C)c1-n1c(-c2[c-]ccc3c2oc2ccccc23)nc2nc3ccccc3cc21.[2H]C([2H])(c1ccccc1)c1cc(-c2[c-]cccc2)nc[c]1[Ge]([CH3])([CH3])[CH3].[Ir]. The Bertz CT molecular complexity index is 3610. The topological polar surface area (TPSA) is 56.7 Å². The molecule has 11 aromatic rings. The molecule has 0 N–H and O–H groups in total. The quantitative estimate of drug-likeness (QED) is 0.107. The smallest absolute Gasteiger partial charge is 0 e. The average molecular weight is 1130 g/mol. The molecule has 11 rings (SSSR count). The summed E-state index contributed by atoms with van der Waals surface area (Å²) >= 11 is -2.30. The second kappa shape index (κ2) is 19.7. The van der Waals surface area contributed by atoms with Gasteiger partial charge in [-0.1, -0.05) is 105 Å². The van der Waals surface area contributed by atoms with Gasteiger partial charge in [-0.2, -0.15) is 0 Å². The first-order valence-corrected chi connectivity index (χ1v) is 30.5. The van der Waals surface area contributed by atoms with E-state index >= 15 is 0 Å². The van der Waals surface area contributed by atoms with Gasteiger partial charge >= 0.3 is 144 Å². The normalized spacial score (nSPS) is 12.3. The van der Waals surface area contributed by atoms with E-state index < -0.39 is 19.6 Å². The van der Waals surface area contributed by atoms with Gasteiger partial charge in [0.15, 0.2) is 5.65 Å². The third-order valence-electron chi connectivity index (χ3n) is 12.4. The largest absolute Gasteiger partial charge is 0 e. The Hall–Kier alpha value is -6.44. The number of hydrogen-bond donors (Lipinski definition) is 0. The second-order valence-electron chi connectivity index (χ2n) is 18.8. The van der Waals surface area contributed by atoms with Gasteiger partial charge in [0.25, 0.3) is 0 Å². The summed E-state index contributed by atoms with van der Waals surface area (Å²) in [6, 6.07) is 63.9. The Kier molecular flexibility index (Phi) is 12.7. The molecule has 339 valence electrons. The number of fused-ring (bicyclic) bond motifs is 5. The standard InChI is InChI=1S/C40H32N3O.C21H22GeN.Ir/c1-24(2)32-21-28(26-13-6-5-7-14-26)22-33(25(3)4)37(32)43-35-23-27-15-8-10-19-34(27)41-39(35)42-40(43)31-18-12-17-30-29-16-9-11-20-36(29)44-38(30)31;1-22(2,3)20-16-23-21(18-12-8-5-9-13-18)15-19(20)14-17-10-6-4-7-11-17;/h5-17,19-25H,1-4H3;4-12,15-16H,14H2,1-3H3;/q2*-1;/i;14D2;. The predicted molar refractivity (Wildman–Crippen MR) is 282 cm³/mol. The number of benzene rings is 7. The van der Waals surface area contributed by atoms with Crippen molar-refractivity contribution in [3.8, 4) is 39.5 Å².